The van der Waals surface area contributed by atoms with Gasteiger partial charge in [0, 0.05) is 25.3 Å². The van der Waals surface area contributed by atoms with E-state index in [9.17, 15) is 4.39 Å². The summed E-state index contributed by atoms with van der Waals surface area (Å²) in [4.78, 5) is 2.18. The summed E-state index contributed by atoms with van der Waals surface area (Å²) in [5, 5.41) is 0. The van der Waals surface area contributed by atoms with Crippen molar-refractivity contribution in [2.75, 3.05) is 18.5 Å². The third kappa shape index (κ3) is 4.35. The van der Waals surface area contributed by atoms with Gasteiger partial charge in [0.2, 0.25) is 0 Å². The topological polar surface area (TPSA) is 29.3 Å². The Morgan fingerprint density at radius 1 is 1.41 bits per heavy atom. The van der Waals surface area contributed by atoms with Gasteiger partial charge in [0.25, 0.3) is 0 Å². The molecule has 0 heterocycles. The van der Waals surface area contributed by atoms with Crippen molar-refractivity contribution in [3.63, 3.8) is 0 Å². The van der Waals surface area contributed by atoms with Crippen LogP contribution in [0.2, 0.25) is 0 Å². The minimum Gasteiger partial charge on any atom is -0.374 e. The first-order chi connectivity index (χ1) is 8.04. The number of hydrogen-bond donors (Lipinski definition) is 1. The highest BCUT2D eigenvalue weighted by Crippen LogP contribution is 2.22. The molecule has 0 amide bonds. The highest BCUT2D eigenvalue weighted by molar-refractivity contribution is 5.53. The Bertz CT molecular complexity index is 350. The maximum Gasteiger partial charge on any atom is 0.123 e. The molecule has 0 aliphatic rings. The highest BCUT2D eigenvalue weighted by atomic mass is 19.1. The molecule has 0 saturated carbocycles. The van der Waals surface area contributed by atoms with Crippen LogP contribution >= 0.6 is 0 Å². The van der Waals surface area contributed by atoms with Crippen molar-refractivity contribution in [3.8, 4) is 0 Å². The maximum absolute atomic E-state index is 13.3. The lowest BCUT2D eigenvalue weighted by Gasteiger charge is -2.23. The molecule has 17 heavy (non-hydrogen) atoms. The first-order valence-electron chi connectivity index (χ1n) is 6.29. The largest absolute Gasteiger partial charge is 0.374 e. The van der Waals surface area contributed by atoms with Gasteiger partial charge >= 0.3 is 0 Å². The van der Waals surface area contributed by atoms with Crippen LogP contribution in [0.5, 0.6) is 0 Å². The Kier molecular flexibility index (Phi) is 5.42. The van der Waals surface area contributed by atoms with Crippen LogP contribution in [0.3, 0.4) is 0 Å². The number of unbranched alkanes of at least 4 members (excludes halogenated alkanes) is 1. The van der Waals surface area contributed by atoms with Crippen molar-refractivity contribution >= 4 is 5.69 Å². The van der Waals surface area contributed by atoms with Gasteiger partial charge in [0.1, 0.15) is 5.82 Å². The summed E-state index contributed by atoms with van der Waals surface area (Å²) in [5.74, 6) is -0.187. The van der Waals surface area contributed by atoms with E-state index in [4.69, 9.17) is 5.73 Å². The number of nitrogens with zero attached hydrogens (tertiary/aromatic N) is 1. The van der Waals surface area contributed by atoms with Crippen LogP contribution < -0.4 is 10.6 Å². The van der Waals surface area contributed by atoms with E-state index in [0.29, 0.717) is 6.42 Å². The number of benzene rings is 1. The summed E-state index contributed by atoms with van der Waals surface area (Å²) >= 11 is 0. The number of rotatable bonds is 6. The average molecular weight is 238 g/mol. The van der Waals surface area contributed by atoms with Crippen molar-refractivity contribution < 1.29 is 4.39 Å². The molecule has 3 heteroatoms. The van der Waals surface area contributed by atoms with Crippen LogP contribution in [0.1, 0.15) is 32.3 Å². The normalized spacial score (nSPS) is 12.5. The molecule has 0 bridgehead atoms. The monoisotopic (exact) mass is 238 g/mol. The molecule has 0 saturated heterocycles. The number of hydrogen-bond acceptors (Lipinski definition) is 2. The molecule has 1 atom stereocenters. The van der Waals surface area contributed by atoms with Crippen molar-refractivity contribution in [2.24, 2.45) is 5.73 Å². The molecule has 0 spiro atoms. The van der Waals surface area contributed by atoms with Gasteiger partial charge in [-0.25, -0.2) is 4.39 Å². The van der Waals surface area contributed by atoms with Crippen LogP contribution in [0.15, 0.2) is 18.2 Å². The quantitative estimate of drug-likeness (QED) is 0.825. The Balaban J connectivity index is 2.88. The Labute approximate surface area is 104 Å². The van der Waals surface area contributed by atoms with Crippen molar-refractivity contribution in [2.45, 2.75) is 39.2 Å². The second-order valence-corrected chi connectivity index (χ2v) is 4.73. The van der Waals surface area contributed by atoms with Crippen molar-refractivity contribution in [3.05, 3.63) is 29.6 Å². The van der Waals surface area contributed by atoms with Crippen LogP contribution in [-0.4, -0.2) is 19.6 Å². The molecule has 0 fully saturated rings. The fraction of sp³-hybridized carbons (Fsp3) is 0.571. The van der Waals surface area contributed by atoms with Gasteiger partial charge < -0.3 is 10.6 Å². The smallest absolute Gasteiger partial charge is 0.123 e. The highest BCUT2D eigenvalue weighted by Gasteiger charge is 2.10. The zero-order valence-corrected chi connectivity index (χ0v) is 11.0. The van der Waals surface area contributed by atoms with E-state index in [2.05, 4.69) is 11.8 Å². The minimum atomic E-state index is -0.187. The second kappa shape index (κ2) is 6.60. The molecule has 0 aliphatic heterocycles. The summed E-state index contributed by atoms with van der Waals surface area (Å²) in [6.45, 7) is 5.11. The number of anilines is 1. The van der Waals surface area contributed by atoms with Gasteiger partial charge in [-0.2, -0.15) is 0 Å². The van der Waals surface area contributed by atoms with E-state index in [1.165, 1.54) is 6.07 Å². The van der Waals surface area contributed by atoms with E-state index in [0.717, 1.165) is 30.6 Å². The third-order valence-electron chi connectivity index (χ3n) is 2.84. The van der Waals surface area contributed by atoms with Gasteiger partial charge in [-0.15, -0.1) is 0 Å². The molecule has 0 radical (unpaired) electrons. The number of nitrogens with two attached hydrogens (primary N) is 1. The molecule has 2 nitrogen and oxygen atoms in total. The summed E-state index contributed by atoms with van der Waals surface area (Å²) < 4.78 is 13.3. The van der Waals surface area contributed by atoms with Gasteiger partial charge in [-0.3, -0.25) is 0 Å². The molecular weight excluding hydrogens is 215 g/mol. The summed E-state index contributed by atoms with van der Waals surface area (Å²) in [7, 11) is 2.05. The zero-order chi connectivity index (χ0) is 12.8. The van der Waals surface area contributed by atoms with Gasteiger partial charge in [0.05, 0.1) is 0 Å². The van der Waals surface area contributed by atoms with E-state index in [-0.39, 0.29) is 11.9 Å². The second-order valence-electron chi connectivity index (χ2n) is 4.73. The third-order valence-corrected chi connectivity index (χ3v) is 2.84. The molecule has 2 N–H and O–H groups in total. The molecule has 0 aromatic heterocycles. The molecule has 1 rings (SSSR count). The Hall–Kier alpha value is -1.09. The lowest BCUT2D eigenvalue weighted by molar-refractivity contribution is 0.622. The van der Waals surface area contributed by atoms with Crippen LogP contribution in [0.4, 0.5) is 10.1 Å². The lowest BCUT2D eigenvalue weighted by atomic mass is 10.0. The van der Waals surface area contributed by atoms with Crippen molar-refractivity contribution in [1.82, 2.24) is 0 Å². The van der Waals surface area contributed by atoms with Crippen LogP contribution in [0, 0.1) is 5.82 Å². The van der Waals surface area contributed by atoms with Gasteiger partial charge in [0.15, 0.2) is 0 Å². The number of halogens is 1. The van der Waals surface area contributed by atoms with E-state index >= 15 is 0 Å². The van der Waals surface area contributed by atoms with Crippen LogP contribution in [-0.2, 0) is 6.42 Å². The van der Waals surface area contributed by atoms with Crippen LogP contribution in [0.25, 0.3) is 0 Å². The summed E-state index contributed by atoms with van der Waals surface area (Å²) in [5.41, 5.74) is 7.90. The molecular formula is C14H23FN2. The Morgan fingerprint density at radius 3 is 2.71 bits per heavy atom. The molecule has 0 aliphatic carbocycles. The molecule has 1 aromatic carbocycles. The van der Waals surface area contributed by atoms with E-state index in [1.54, 1.807) is 6.07 Å². The zero-order valence-electron chi connectivity index (χ0n) is 11.0. The molecule has 1 unspecified atom stereocenters. The maximum atomic E-state index is 13.3. The molecule has 96 valence electrons. The Morgan fingerprint density at radius 2 is 2.12 bits per heavy atom. The fourth-order valence-electron chi connectivity index (χ4n) is 1.95. The van der Waals surface area contributed by atoms with E-state index < -0.39 is 0 Å². The van der Waals surface area contributed by atoms with Gasteiger partial charge in [-0.05, 0) is 43.5 Å². The molecule has 1 aromatic rings. The first kappa shape index (κ1) is 14.0. The summed E-state index contributed by atoms with van der Waals surface area (Å²) in [6.07, 6.45) is 3.02. The standard InChI is InChI=1S/C14H23FN2/c1-4-5-8-17(3)14-7-6-13(15)10-12(14)9-11(2)16/h6-7,10-11H,4-5,8-9,16H2,1-3H3. The van der Waals surface area contributed by atoms with Gasteiger partial charge in [-0.1, -0.05) is 13.3 Å². The SMILES string of the molecule is CCCCN(C)c1ccc(F)cc1CC(C)N. The lowest BCUT2D eigenvalue weighted by Crippen LogP contribution is -2.23. The van der Waals surface area contributed by atoms with E-state index in [1.807, 2.05) is 20.0 Å². The predicted molar refractivity (Wildman–Crippen MR) is 71.9 cm³/mol. The first-order valence-corrected chi connectivity index (χ1v) is 6.29. The average Bonchev–Trinajstić information content (AvgIpc) is 2.25. The predicted octanol–water partition coefficient (Wildman–Crippen LogP) is 2.95. The minimum absolute atomic E-state index is 0.0510. The summed E-state index contributed by atoms with van der Waals surface area (Å²) in [6, 6.07) is 5.02. The fourth-order valence-corrected chi connectivity index (χ4v) is 1.95. The van der Waals surface area contributed by atoms with Crippen molar-refractivity contribution in [1.29, 1.82) is 0 Å².